The van der Waals surface area contributed by atoms with E-state index in [1.54, 1.807) is 0 Å². The molecule has 110 valence electrons. The second-order valence-electron chi connectivity index (χ2n) is 5.44. The van der Waals surface area contributed by atoms with E-state index < -0.39 is 0 Å². The van der Waals surface area contributed by atoms with Crippen LogP contribution in [0.3, 0.4) is 0 Å². The maximum Gasteiger partial charge on any atom is 0.276 e. The Kier molecular flexibility index (Phi) is 4.42. The number of aromatic nitrogens is 1. The number of hydrogen-bond acceptors (Lipinski definition) is 5. The van der Waals surface area contributed by atoms with Gasteiger partial charge in [-0.15, -0.1) is 0 Å². The number of pyridine rings is 1. The third kappa shape index (κ3) is 3.18. The lowest BCUT2D eigenvalue weighted by atomic mass is 9.67. The second kappa shape index (κ2) is 6.07. The number of rotatable bonds is 7. The molecule has 0 atom stereocenters. The Morgan fingerprint density at radius 1 is 1.30 bits per heavy atom. The van der Waals surface area contributed by atoms with Crippen LogP contribution >= 0.6 is 0 Å². The Hall–Kier alpha value is -1.85. The molecule has 2 N–H and O–H groups in total. The van der Waals surface area contributed by atoms with E-state index in [2.05, 4.69) is 22.5 Å². The van der Waals surface area contributed by atoms with Crippen LogP contribution in [-0.2, 0) is 0 Å². The fraction of sp³-hybridized carbons (Fsp3) is 0.643. The lowest BCUT2D eigenvalue weighted by Crippen LogP contribution is -2.36. The normalized spacial score (nSPS) is 16.3. The van der Waals surface area contributed by atoms with Crippen LogP contribution in [0.1, 0.15) is 39.5 Å². The quantitative estimate of drug-likeness (QED) is 0.590. The molecule has 1 heterocycles. The number of nitrogens with zero attached hydrogens (tertiary/aromatic N) is 2. The first kappa shape index (κ1) is 14.6. The topological polar surface area (TPSA) is 80.1 Å². The molecular formula is C14H22N4O2. The van der Waals surface area contributed by atoms with Crippen LogP contribution in [0.4, 0.5) is 17.3 Å². The molecule has 2 rings (SSSR count). The van der Waals surface area contributed by atoms with Gasteiger partial charge >= 0.3 is 0 Å². The van der Waals surface area contributed by atoms with Crippen molar-refractivity contribution in [1.29, 1.82) is 0 Å². The van der Waals surface area contributed by atoms with Crippen molar-refractivity contribution in [1.82, 2.24) is 4.98 Å². The van der Waals surface area contributed by atoms with Crippen molar-refractivity contribution in [3.8, 4) is 0 Å². The van der Waals surface area contributed by atoms with Gasteiger partial charge in [0.1, 0.15) is 11.6 Å². The van der Waals surface area contributed by atoms with Crippen molar-refractivity contribution in [3.63, 3.8) is 0 Å². The van der Waals surface area contributed by atoms with Crippen LogP contribution in [0, 0.1) is 15.5 Å². The molecule has 1 aromatic heterocycles. The summed E-state index contributed by atoms with van der Waals surface area (Å²) in [6.07, 6.45) is 4.87. The standard InChI is InChI=1S/C14H22N4O2/c1-3-14(6-5-7-14)10-16-13-9-11(18(19)20)8-12(17-13)15-4-2/h8-9H,3-7,10H2,1-2H3,(H2,15,16,17). The van der Waals surface area contributed by atoms with Gasteiger partial charge in [0.05, 0.1) is 17.1 Å². The summed E-state index contributed by atoms with van der Waals surface area (Å²) in [4.78, 5) is 14.9. The smallest absolute Gasteiger partial charge is 0.276 e. The first-order chi connectivity index (χ1) is 9.58. The molecule has 6 nitrogen and oxygen atoms in total. The van der Waals surface area contributed by atoms with Crippen LogP contribution < -0.4 is 10.6 Å². The number of nitro groups is 1. The fourth-order valence-corrected chi connectivity index (χ4v) is 2.59. The largest absolute Gasteiger partial charge is 0.370 e. The molecule has 6 heteroatoms. The Morgan fingerprint density at radius 2 is 1.95 bits per heavy atom. The van der Waals surface area contributed by atoms with Crippen molar-refractivity contribution in [2.45, 2.75) is 39.5 Å². The van der Waals surface area contributed by atoms with E-state index >= 15 is 0 Å². The summed E-state index contributed by atoms with van der Waals surface area (Å²) in [5.41, 5.74) is 0.419. The molecule has 0 aromatic carbocycles. The number of anilines is 2. The first-order valence-electron chi connectivity index (χ1n) is 7.23. The van der Waals surface area contributed by atoms with Gasteiger partial charge in [-0.05, 0) is 31.6 Å². The predicted molar refractivity (Wildman–Crippen MR) is 80.1 cm³/mol. The van der Waals surface area contributed by atoms with E-state index in [-0.39, 0.29) is 10.6 Å². The third-order valence-electron chi connectivity index (χ3n) is 4.19. The first-order valence-corrected chi connectivity index (χ1v) is 7.23. The molecule has 0 unspecified atom stereocenters. The molecule has 0 bridgehead atoms. The molecule has 0 spiro atoms. The molecule has 1 aromatic rings. The Balaban J connectivity index is 2.11. The van der Waals surface area contributed by atoms with Crippen LogP contribution in [0.5, 0.6) is 0 Å². The monoisotopic (exact) mass is 278 g/mol. The summed E-state index contributed by atoms with van der Waals surface area (Å²) in [6, 6.07) is 2.97. The summed E-state index contributed by atoms with van der Waals surface area (Å²) < 4.78 is 0. The highest BCUT2D eigenvalue weighted by molar-refractivity contribution is 5.54. The van der Waals surface area contributed by atoms with Gasteiger partial charge < -0.3 is 10.6 Å². The molecule has 1 aliphatic rings. The average molecular weight is 278 g/mol. The summed E-state index contributed by atoms with van der Waals surface area (Å²) in [5.74, 6) is 1.12. The lowest BCUT2D eigenvalue weighted by molar-refractivity contribution is -0.384. The van der Waals surface area contributed by atoms with E-state index in [1.165, 1.54) is 31.4 Å². The molecule has 1 fully saturated rings. The Bertz CT molecular complexity index is 481. The van der Waals surface area contributed by atoms with Gasteiger partial charge in [-0.1, -0.05) is 13.3 Å². The molecule has 0 aliphatic heterocycles. The minimum absolute atomic E-state index is 0.0672. The van der Waals surface area contributed by atoms with Gasteiger partial charge in [0.2, 0.25) is 0 Å². The Morgan fingerprint density at radius 3 is 2.40 bits per heavy atom. The zero-order chi connectivity index (χ0) is 14.6. The van der Waals surface area contributed by atoms with Crippen molar-refractivity contribution in [2.24, 2.45) is 5.41 Å². The van der Waals surface area contributed by atoms with Gasteiger partial charge in [-0.3, -0.25) is 10.1 Å². The molecule has 1 aliphatic carbocycles. The summed E-state index contributed by atoms with van der Waals surface area (Å²) in [7, 11) is 0. The SMILES string of the molecule is CCNc1cc([N+](=O)[O-])cc(NCC2(CC)CCC2)n1. The van der Waals surface area contributed by atoms with Gasteiger partial charge in [0, 0.05) is 13.1 Å². The molecule has 0 saturated heterocycles. The fourth-order valence-electron chi connectivity index (χ4n) is 2.59. The highest BCUT2D eigenvalue weighted by atomic mass is 16.6. The van der Waals surface area contributed by atoms with E-state index in [9.17, 15) is 10.1 Å². The van der Waals surface area contributed by atoms with Crippen LogP contribution in [0.15, 0.2) is 12.1 Å². The summed E-state index contributed by atoms with van der Waals surface area (Å²) >= 11 is 0. The van der Waals surface area contributed by atoms with Gasteiger partial charge in [0.15, 0.2) is 0 Å². The van der Waals surface area contributed by atoms with Gasteiger partial charge in [0.25, 0.3) is 5.69 Å². The van der Waals surface area contributed by atoms with Gasteiger partial charge in [-0.2, -0.15) is 0 Å². The zero-order valence-corrected chi connectivity index (χ0v) is 12.1. The molecule has 20 heavy (non-hydrogen) atoms. The van der Waals surface area contributed by atoms with Gasteiger partial charge in [-0.25, -0.2) is 4.98 Å². The van der Waals surface area contributed by atoms with Crippen molar-refractivity contribution in [2.75, 3.05) is 23.7 Å². The lowest BCUT2D eigenvalue weighted by Gasteiger charge is -2.41. The molecule has 0 radical (unpaired) electrons. The highest BCUT2D eigenvalue weighted by Gasteiger charge is 2.34. The van der Waals surface area contributed by atoms with E-state index in [1.807, 2.05) is 6.92 Å². The summed E-state index contributed by atoms with van der Waals surface area (Å²) in [5, 5.41) is 17.3. The van der Waals surface area contributed by atoms with Crippen molar-refractivity contribution >= 4 is 17.3 Å². The predicted octanol–water partition coefficient (Wildman–Crippen LogP) is 3.41. The molecule has 0 amide bonds. The average Bonchev–Trinajstić information content (AvgIpc) is 2.38. The van der Waals surface area contributed by atoms with E-state index in [0.29, 0.717) is 23.6 Å². The third-order valence-corrected chi connectivity index (χ3v) is 4.19. The maximum atomic E-state index is 11.0. The zero-order valence-electron chi connectivity index (χ0n) is 12.1. The number of hydrogen-bond donors (Lipinski definition) is 2. The molecular weight excluding hydrogens is 256 g/mol. The van der Waals surface area contributed by atoms with Crippen molar-refractivity contribution in [3.05, 3.63) is 22.2 Å². The number of nitrogens with one attached hydrogen (secondary N) is 2. The van der Waals surface area contributed by atoms with Crippen LogP contribution in [0.25, 0.3) is 0 Å². The van der Waals surface area contributed by atoms with E-state index in [0.717, 1.165) is 13.0 Å². The maximum absolute atomic E-state index is 11.0. The Labute approximate surface area is 119 Å². The minimum Gasteiger partial charge on any atom is -0.370 e. The minimum atomic E-state index is -0.382. The van der Waals surface area contributed by atoms with Crippen LogP contribution in [-0.4, -0.2) is 23.0 Å². The highest BCUT2D eigenvalue weighted by Crippen LogP contribution is 2.43. The van der Waals surface area contributed by atoms with Crippen molar-refractivity contribution < 1.29 is 4.92 Å². The molecule has 1 saturated carbocycles. The van der Waals surface area contributed by atoms with Crippen LogP contribution in [0.2, 0.25) is 0 Å². The van der Waals surface area contributed by atoms with E-state index in [4.69, 9.17) is 0 Å². The summed E-state index contributed by atoms with van der Waals surface area (Å²) in [6.45, 7) is 5.66. The second-order valence-corrected chi connectivity index (χ2v) is 5.44.